The van der Waals surface area contributed by atoms with E-state index in [1.165, 1.54) is 10.6 Å². The van der Waals surface area contributed by atoms with Gasteiger partial charge < -0.3 is 0 Å². The van der Waals surface area contributed by atoms with Gasteiger partial charge in [0.15, 0.2) is 0 Å². The van der Waals surface area contributed by atoms with Crippen molar-refractivity contribution in [2.24, 2.45) is 0 Å². The summed E-state index contributed by atoms with van der Waals surface area (Å²) in [7, 11) is 0. The first-order valence-electron chi connectivity index (χ1n) is 5.15. The maximum Gasteiger partial charge on any atom is 0.255 e. The van der Waals surface area contributed by atoms with Crippen LogP contribution in [0.1, 0.15) is 11.4 Å². The van der Waals surface area contributed by atoms with Crippen LogP contribution in [0.5, 0.6) is 0 Å². The van der Waals surface area contributed by atoms with Crippen LogP contribution in [0, 0.1) is 18.6 Å². The molecule has 2 rings (SSSR count). The number of nitrogens with zero attached hydrogens (tertiary/aromatic N) is 2. The van der Waals surface area contributed by atoms with Gasteiger partial charge in [-0.3, -0.25) is 9.36 Å². The molecule has 0 amide bonds. The van der Waals surface area contributed by atoms with E-state index in [0.29, 0.717) is 5.82 Å². The molecule has 6 heteroatoms. The summed E-state index contributed by atoms with van der Waals surface area (Å²) in [6.07, 6.45) is 0. The average molecular weight is 271 g/mol. The van der Waals surface area contributed by atoms with Gasteiger partial charge in [-0.2, -0.15) is 0 Å². The van der Waals surface area contributed by atoms with Crippen LogP contribution in [0.25, 0.3) is 0 Å². The monoisotopic (exact) mass is 270 g/mol. The molecule has 0 fully saturated rings. The summed E-state index contributed by atoms with van der Waals surface area (Å²) >= 11 is 5.63. The lowest BCUT2D eigenvalue weighted by atomic mass is 10.2. The standard InChI is InChI=1S/C12H9ClF2N2O/c1-7-16-11(13)5-12(18)17(7)6-8-2-3-9(14)4-10(8)15/h2-5H,6H2,1H3. The van der Waals surface area contributed by atoms with Gasteiger partial charge in [-0.1, -0.05) is 17.7 Å². The normalized spacial score (nSPS) is 10.7. The number of benzene rings is 1. The zero-order valence-electron chi connectivity index (χ0n) is 9.45. The molecular formula is C12H9ClF2N2O. The summed E-state index contributed by atoms with van der Waals surface area (Å²) in [6, 6.07) is 4.36. The third-order valence-corrected chi connectivity index (χ3v) is 2.71. The Balaban J connectivity index is 2.43. The van der Waals surface area contributed by atoms with E-state index in [9.17, 15) is 13.6 Å². The first kappa shape index (κ1) is 12.7. The number of aromatic nitrogens is 2. The summed E-state index contributed by atoms with van der Waals surface area (Å²) in [5, 5.41) is 0.0910. The lowest BCUT2D eigenvalue weighted by Crippen LogP contribution is -2.23. The lowest BCUT2D eigenvalue weighted by molar-refractivity contribution is 0.561. The number of hydrogen-bond acceptors (Lipinski definition) is 2. The van der Waals surface area contributed by atoms with Gasteiger partial charge in [0.25, 0.3) is 5.56 Å². The van der Waals surface area contributed by atoms with Gasteiger partial charge >= 0.3 is 0 Å². The summed E-state index contributed by atoms with van der Waals surface area (Å²) in [5.41, 5.74) is -0.165. The van der Waals surface area contributed by atoms with Crippen LogP contribution in [0.4, 0.5) is 8.78 Å². The van der Waals surface area contributed by atoms with Crippen molar-refractivity contribution >= 4 is 11.6 Å². The highest BCUT2D eigenvalue weighted by Gasteiger charge is 2.08. The fourth-order valence-electron chi connectivity index (χ4n) is 1.60. The van der Waals surface area contributed by atoms with E-state index in [1.54, 1.807) is 6.92 Å². The van der Waals surface area contributed by atoms with Crippen LogP contribution in [0.3, 0.4) is 0 Å². The second-order valence-electron chi connectivity index (χ2n) is 3.79. The number of hydrogen-bond donors (Lipinski definition) is 0. The summed E-state index contributed by atoms with van der Waals surface area (Å²) in [6.45, 7) is 1.58. The van der Waals surface area contributed by atoms with Gasteiger partial charge in [-0.25, -0.2) is 13.8 Å². The fourth-order valence-corrected chi connectivity index (χ4v) is 1.81. The molecule has 0 unspecified atom stereocenters. The lowest BCUT2D eigenvalue weighted by Gasteiger charge is -2.09. The topological polar surface area (TPSA) is 34.9 Å². The van der Waals surface area contributed by atoms with Crippen molar-refractivity contribution in [3.05, 3.63) is 62.8 Å². The molecule has 0 saturated heterocycles. The third kappa shape index (κ3) is 2.56. The van der Waals surface area contributed by atoms with Crippen molar-refractivity contribution in [1.29, 1.82) is 0 Å². The Morgan fingerprint density at radius 3 is 2.67 bits per heavy atom. The van der Waals surface area contributed by atoms with Crippen molar-refractivity contribution in [1.82, 2.24) is 9.55 Å². The van der Waals surface area contributed by atoms with Crippen LogP contribution < -0.4 is 5.56 Å². The number of aryl methyl sites for hydroxylation is 1. The van der Waals surface area contributed by atoms with Gasteiger partial charge in [-0.05, 0) is 13.0 Å². The molecule has 0 N–H and O–H groups in total. The predicted molar refractivity (Wildman–Crippen MR) is 63.7 cm³/mol. The van der Waals surface area contributed by atoms with Crippen molar-refractivity contribution < 1.29 is 8.78 Å². The Morgan fingerprint density at radius 1 is 1.33 bits per heavy atom. The molecule has 0 aliphatic heterocycles. The summed E-state index contributed by atoms with van der Waals surface area (Å²) in [5.74, 6) is -0.984. The minimum atomic E-state index is -0.698. The molecule has 0 aliphatic carbocycles. The molecule has 0 bridgehead atoms. The molecule has 1 aromatic heterocycles. The van der Waals surface area contributed by atoms with Gasteiger partial charge in [0.2, 0.25) is 0 Å². The van der Waals surface area contributed by atoms with E-state index in [2.05, 4.69) is 4.98 Å². The van der Waals surface area contributed by atoms with E-state index in [-0.39, 0.29) is 22.8 Å². The Kier molecular flexibility index (Phi) is 3.43. The Bertz CT molecular complexity index is 655. The SMILES string of the molecule is Cc1nc(Cl)cc(=O)n1Cc1ccc(F)cc1F. The van der Waals surface area contributed by atoms with Crippen LogP contribution >= 0.6 is 11.6 Å². The second-order valence-corrected chi connectivity index (χ2v) is 4.17. The van der Waals surface area contributed by atoms with Crippen LogP contribution in [-0.4, -0.2) is 9.55 Å². The molecule has 94 valence electrons. The first-order valence-corrected chi connectivity index (χ1v) is 5.53. The minimum absolute atomic E-state index is 0.0129. The molecule has 2 aromatic rings. The van der Waals surface area contributed by atoms with E-state index in [0.717, 1.165) is 18.2 Å². The van der Waals surface area contributed by atoms with E-state index in [4.69, 9.17) is 11.6 Å². The highest BCUT2D eigenvalue weighted by atomic mass is 35.5. The largest absolute Gasteiger partial charge is 0.292 e. The second kappa shape index (κ2) is 4.86. The van der Waals surface area contributed by atoms with Crippen LogP contribution in [0.2, 0.25) is 5.15 Å². The molecule has 0 spiro atoms. The Morgan fingerprint density at radius 2 is 2.06 bits per heavy atom. The van der Waals surface area contributed by atoms with E-state index < -0.39 is 11.6 Å². The van der Waals surface area contributed by atoms with Crippen LogP contribution in [0.15, 0.2) is 29.1 Å². The molecule has 1 heterocycles. The molecular weight excluding hydrogens is 262 g/mol. The van der Waals surface area contributed by atoms with Gasteiger partial charge in [0.1, 0.15) is 22.6 Å². The Hall–Kier alpha value is -1.75. The van der Waals surface area contributed by atoms with E-state index in [1.807, 2.05) is 0 Å². The van der Waals surface area contributed by atoms with Crippen molar-refractivity contribution in [2.45, 2.75) is 13.5 Å². The van der Waals surface area contributed by atoms with E-state index >= 15 is 0 Å². The smallest absolute Gasteiger partial charge is 0.255 e. The highest BCUT2D eigenvalue weighted by Crippen LogP contribution is 2.11. The zero-order chi connectivity index (χ0) is 13.3. The van der Waals surface area contributed by atoms with Gasteiger partial charge in [-0.15, -0.1) is 0 Å². The quantitative estimate of drug-likeness (QED) is 0.786. The minimum Gasteiger partial charge on any atom is -0.292 e. The molecule has 0 radical (unpaired) electrons. The zero-order valence-corrected chi connectivity index (χ0v) is 10.2. The maximum atomic E-state index is 13.5. The maximum absolute atomic E-state index is 13.5. The predicted octanol–water partition coefficient (Wildman–Crippen LogP) is 2.53. The molecule has 18 heavy (non-hydrogen) atoms. The molecule has 0 atom stereocenters. The van der Waals surface area contributed by atoms with Gasteiger partial charge in [0, 0.05) is 17.7 Å². The fraction of sp³-hybridized carbons (Fsp3) is 0.167. The Labute approximate surface area is 107 Å². The number of rotatable bonds is 2. The van der Waals surface area contributed by atoms with Crippen molar-refractivity contribution in [3.63, 3.8) is 0 Å². The summed E-state index contributed by atoms with van der Waals surface area (Å²) in [4.78, 5) is 15.6. The van der Waals surface area contributed by atoms with Crippen LogP contribution in [-0.2, 0) is 6.54 Å². The molecule has 0 aliphatic rings. The highest BCUT2D eigenvalue weighted by molar-refractivity contribution is 6.29. The number of halogens is 3. The first-order chi connectivity index (χ1) is 8.47. The molecule has 1 aromatic carbocycles. The van der Waals surface area contributed by atoms with Crippen molar-refractivity contribution in [2.75, 3.05) is 0 Å². The van der Waals surface area contributed by atoms with Gasteiger partial charge in [0.05, 0.1) is 6.54 Å². The molecule has 0 saturated carbocycles. The molecule has 3 nitrogen and oxygen atoms in total. The average Bonchev–Trinajstić information content (AvgIpc) is 2.25. The summed E-state index contributed by atoms with van der Waals surface area (Å²) < 4.78 is 27.5. The third-order valence-electron chi connectivity index (χ3n) is 2.51. The van der Waals surface area contributed by atoms with Crippen molar-refractivity contribution in [3.8, 4) is 0 Å².